The van der Waals surface area contributed by atoms with Crippen LogP contribution < -0.4 is 5.32 Å². The molecule has 1 aliphatic rings. The second-order valence-electron chi connectivity index (χ2n) is 6.28. The molecule has 0 spiro atoms. The van der Waals surface area contributed by atoms with E-state index in [0.717, 1.165) is 25.7 Å². The molecule has 1 aliphatic carbocycles. The highest BCUT2D eigenvalue weighted by atomic mass is 16.3. The Hall–Kier alpha value is -1.60. The molecule has 4 nitrogen and oxygen atoms in total. The van der Waals surface area contributed by atoms with Crippen molar-refractivity contribution in [2.45, 2.75) is 45.1 Å². The van der Waals surface area contributed by atoms with E-state index >= 15 is 0 Å². The van der Waals surface area contributed by atoms with Crippen molar-refractivity contribution in [3.05, 3.63) is 24.0 Å². The maximum Gasteiger partial charge on any atom is 0.101 e. The van der Waals surface area contributed by atoms with Crippen LogP contribution in [0, 0.1) is 16.7 Å². The van der Waals surface area contributed by atoms with Crippen molar-refractivity contribution < 1.29 is 5.11 Å². The van der Waals surface area contributed by atoms with Crippen molar-refractivity contribution >= 4 is 5.69 Å². The van der Waals surface area contributed by atoms with Gasteiger partial charge in [0, 0.05) is 12.7 Å². The average molecular weight is 259 g/mol. The normalized spacial score (nSPS) is 20.5. The van der Waals surface area contributed by atoms with Gasteiger partial charge in [0.25, 0.3) is 0 Å². The Morgan fingerprint density at radius 2 is 2.05 bits per heavy atom. The van der Waals surface area contributed by atoms with Crippen molar-refractivity contribution in [2.75, 3.05) is 11.9 Å². The van der Waals surface area contributed by atoms with Crippen molar-refractivity contribution in [3.8, 4) is 6.07 Å². The highest BCUT2D eigenvalue weighted by molar-refractivity contribution is 5.55. The highest BCUT2D eigenvalue weighted by Crippen LogP contribution is 2.40. The molecule has 19 heavy (non-hydrogen) atoms. The van der Waals surface area contributed by atoms with Crippen LogP contribution in [0.5, 0.6) is 0 Å². The maximum absolute atomic E-state index is 10.6. The van der Waals surface area contributed by atoms with Gasteiger partial charge in [-0.05, 0) is 37.2 Å². The number of pyridine rings is 1. The maximum atomic E-state index is 10.6. The third-order valence-corrected chi connectivity index (χ3v) is 4.08. The van der Waals surface area contributed by atoms with Crippen LogP contribution >= 0.6 is 0 Å². The zero-order valence-corrected chi connectivity index (χ0v) is 11.6. The average Bonchev–Trinajstić information content (AvgIpc) is 2.41. The molecular formula is C15H21N3O. The lowest BCUT2D eigenvalue weighted by atomic mass is 9.71. The summed E-state index contributed by atoms with van der Waals surface area (Å²) in [5.74, 6) is 0. The molecule has 0 amide bonds. The number of anilines is 1. The van der Waals surface area contributed by atoms with Gasteiger partial charge < -0.3 is 10.4 Å². The van der Waals surface area contributed by atoms with Crippen LogP contribution in [0.3, 0.4) is 0 Å². The Kier molecular flexibility index (Phi) is 3.77. The molecule has 0 saturated heterocycles. The number of nitrogens with zero attached hydrogens (tertiary/aromatic N) is 2. The molecule has 0 bridgehead atoms. The van der Waals surface area contributed by atoms with Gasteiger partial charge in [-0.3, -0.25) is 4.98 Å². The minimum absolute atomic E-state index is 0.332. The third kappa shape index (κ3) is 3.45. The zero-order chi connectivity index (χ0) is 13.9. The molecule has 0 unspecified atom stereocenters. The molecule has 0 aliphatic heterocycles. The fourth-order valence-electron chi connectivity index (χ4n) is 2.46. The number of nitrogens with one attached hydrogen (secondary N) is 1. The first kappa shape index (κ1) is 13.8. The second-order valence-corrected chi connectivity index (χ2v) is 6.28. The van der Waals surface area contributed by atoms with Gasteiger partial charge >= 0.3 is 0 Å². The Balaban J connectivity index is 1.97. The molecule has 2 rings (SSSR count). The lowest BCUT2D eigenvalue weighted by Gasteiger charge is -2.40. The van der Waals surface area contributed by atoms with E-state index in [1.807, 2.05) is 0 Å². The smallest absolute Gasteiger partial charge is 0.101 e. The van der Waals surface area contributed by atoms with Crippen LogP contribution in [0.15, 0.2) is 18.5 Å². The summed E-state index contributed by atoms with van der Waals surface area (Å²) in [6.07, 6.45) is 6.90. The molecule has 1 aromatic heterocycles. The molecule has 0 radical (unpaired) electrons. The monoisotopic (exact) mass is 259 g/mol. The van der Waals surface area contributed by atoms with E-state index in [1.165, 1.54) is 0 Å². The molecule has 4 heteroatoms. The summed E-state index contributed by atoms with van der Waals surface area (Å²) in [5.41, 5.74) is 0.925. The van der Waals surface area contributed by atoms with Crippen molar-refractivity contribution in [2.24, 2.45) is 5.41 Å². The van der Waals surface area contributed by atoms with E-state index in [4.69, 9.17) is 5.26 Å². The number of nitriles is 1. The molecule has 1 fully saturated rings. The standard InChI is InChI=1S/C15H21N3O/c1-14(2)4-6-15(19,7-5-14)11-18-13-10-17-8-3-12(13)9-16/h3,8,10,18-19H,4-7,11H2,1-2H3. The first-order valence-electron chi connectivity index (χ1n) is 6.75. The van der Waals surface area contributed by atoms with E-state index in [0.29, 0.717) is 23.2 Å². The van der Waals surface area contributed by atoms with Gasteiger partial charge in [0.05, 0.1) is 23.0 Å². The van der Waals surface area contributed by atoms with Crippen LogP contribution in [0.1, 0.15) is 45.1 Å². The summed E-state index contributed by atoms with van der Waals surface area (Å²) < 4.78 is 0. The number of hydrogen-bond donors (Lipinski definition) is 2. The third-order valence-electron chi connectivity index (χ3n) is 4.08. The zero-order valence-electron chi connectivity index (χ0n) is 11.6. The topological polar surface area (TPSA) is 68.9 Å². The number of hydrogen-bond acceptors (Lipinski definition) is 4. The first-order valence-corrected chi connectivity index (χ1v) is 6.75. The Bertz CT molecular complexity index is 480. The van der Waals surface area contributed by atoms with Crippen molar-refractivity contribution in [3.63, 3.8) is 0 Å². The Morgan fingerprint density at radius 3 is 2.68 bits per heavy atom. The molecule has 1 saturated carbocycles. The molecular weight excluding hydrogens is 238 g/mol. The first-order chi connectivity index (χ1) is 8.94. The van der Waals surface area contributed by atoms with Gasteiger partial charge in [-0.2, -0.15) is 5.26 Å². The molecule has 102 valence electrons. The van der Waals surface area contributed by atoms with Gasteiger partial charge in [0.15, 0.2) is 0 Å². The van der Waals surface area contributed by atoms with E-state index in [-0.39, 0.29) is 0 Å². The van der Waals surface area contributed by atoms with Crippen LogP contribution in [-0.4, -0.2) is 22.2 Å². The summed E-state index contributed by atoms with van der Waals surface area (Å²) in [6.45, 7) is 4.97. The van der Waals surface area contributed by atoms with Crippen molar-refractivity contribution in [1.29, 1.82) is 5.26 Å². The van der Waals surface area contributed by atoms with Gasteiger partial charge in [-0.15, -0.1) is 0 Å². The lowest BCUT2D eigenvalue weighted by Crippen LogP contribution is -2.42. The number of rotatable bonds is 3. The number of aliphatic hydroxyl groups is 1. The van der Waals surface area contributed by atoms with E-state index in [2.05, 4.69) is 30.2 Å². The molecule has 1 aromatic rings. The van der Waals surface area contributed by atoms with Gasteiger partial charge in [0.1, 0.15) is 6.07 Å². The van der Waals surface area contributed by atoms with E-state index in [1.54, 1.807) is 18.5 Å². The van der Waals surface area contributed by atoms with Gasteiger partial charge in [0.2, 0.25) is 0 Å². The summed E-state index contributed by atoms with van der Waals surface area (Å²) in [4.78, 5) is 4.01. The Morgan fingerprint density at radius 1 is 1.37 bits per heavy atom. The fourth-order valence-corrected chi connectivity index (χ4v) is 2.46. The van der Waals surface area contributed by atoms with Crippen LogP contribution in [0.2, 0.25) is 0 Å². The summed E-state index contributed by atoms with van der Waals surface area (Å²) >= 11 is 0. The van der Waals surface area contributed by atoms with Crippen LogP contribution in [-0.2, 0) is 0 Å². The number of aromatic nitrogens is 1. The molecule has 2 N–H and O–H groups in total. The lowest BCUT2D eigenvalue weighted by molar-refractivity contribution is -0.0145. The predicted molar refractivity (Wildman–Crippen MR) is 74.6 cm³/mol. The predicted octanol–water partition coefficient (Wildman–Crippen LogP) is 2.70. The van der Waals surface area contributed by atoms with E-state index < -0.39 is 5.60 Å². The minimum atomic E-state index is -0.669. The van der Waals surface area contributed by atoms with Gasteiger partial charge in [-0.25, -0.2) is 0 Å². The molecule has 0 atom stereocenters. The summed E-state index contributed by atoms with van der Waals surface area (Å²) in [6, 6.07) is 3.80. The quantitative estimate of drug-likeness (QED) is 0.875. The van der Waals surface area contributed by atoms with E-state index in [9.17, 15) is 5.11 Å². The van der Waals surface area contributed by atoms with Crippen LogP contribution in [0.4, 0.5) is 5.69 Å². The van der Waals surface area contributed by atoms with Crippen molar-refractivity contribution in [1.82, 2.24) is 4.98 Å². The fraction of sp³-hybridized carbons (Fsp3) is 0.600. The SMILES string of the molecule is CC1(C)CCC(O)(CNc2cnccc2C#N)CC1. The Labute approximate surface area is 114 Å². The largest absolute Gasteiger partial charge is 0.388 e. The summed E-state index contributed by atoms with van der Waals surface area (Å²) in [7, 11) is 0. The highest BCUT2D eigenvalue weighted by Gasteiger charge is 2.36. The molecule has 0 aromatic carbocycles. The van der Waals surface area contributed by atoms with Crippen LogP contribution in [0.25, 0.3) is 0 Å². The van der Waals surface area contributed by atoms with Gasteiger partial charge in [-0.1, -0.05) is 13.8 Å². The molecule has 1 heterocycles. The minimum Gasteiger partial charge on any atom is -0.388 e. The summed E-state index contributed by atoms with van der Waals surface area (Å²) in [5, 5.41) is 22.7. The second kappa shape index (κ2) is 5.18.